The summed E-state index contributed by atoms with van der Waals surface area (Å²) in [4.78, 5) is 13.5. The SMILES string of the molecule is Cc1ccc(C)c(C(Nc2ccccc2)c2ccc3ccc(C)nc3c2O)c1.O=C(O)C(F)(F)F. The number of carboxylic acid groups (broad SMARTS) is 1. The van der Waals surface area contributed by atoms with E-state index in [-0.39, 0.29) is 11.8 Å². The van der Waals surface area contributed by atoms with Gasteiger partial charge in [-0.15, -0.1) is 0 Å². The van der Waals surface area contributed by atoms with E-state index in [2.05, 4.69) is 42.3 Å². The van der Waals surface area contributed by atoms with Crippen LogP contribution in [0.3, 0.4) is 0 Å². The van der Waals surface area contributed by atoms with Gasteiger partial charge in [-0.05, 0) is 50.1 Å². The number of hydrogen-bond acceptors (Lipinski definition) is 4. The maximum atomic E-state index is 11.1. The van der Waals surface area contributed by atoms with Crippen molar-refractivity contribution in [3.63, 3.8) is 0 Å². The van der Waals surface area contributed by atoms with Gasteiger partial charge in [0.2, 0.25) is 0 Å². The fourth-order valence-corrected chi connectivity index (χ4v) is 3.61. The van der Waals surface area contributed by atoms with Gasteiger partial charge in [0, 0.05) is 22.3 Å². The number of halogens is 3. The second-order valence-corrected chi connectivity index (χ2v) is 8.13. The predicted octanol–water partition coefficient (Wildman–Crippen LogP) is 6.70. The molecule has 0 spiro atoms. The number of aromatic hydroxyl groups is 1. The number of nitrogens with zero attached hydrogens (tertiary/aromatic N) is 1. The predicted molar refractivity (Wildman–Crippen MR) is 130 cm³/mol. The van der Waals surface area contributed by atoms with Crippen LogP contribution in [-0.4, -0.2) is 27.3 Å². The Morgan fingerprint density at radius 1 is 0.914 bits per heavy atom. The average Bonchev–Trinajstić information content (AvgIpc) is 2.81. The Labute approximate surface area is 200 Å². The van der Waals surface area contributed by atoms with Gasteiger partial charge in [0.25, 0.3) is 0 Å². The lowest BCUT2D eigenvalue weighted by molar-refractivity contribution is -0.192. The molecule has 0 bridgehead atoms. The molecule has 3 aromatic carbocycles. The summed E-state index contributed by atoms with van der Waals surface area (Å²) in [5, 5.41) is 22.8. The molecule has 4 rings (SSSR count). The highest BCUT2D eigenvalue weighted by Gasteiger charge is 2.38. The zero-order valence-corrected chi connectivity index (χ0v) is 19.4. The van der Waals surface area contributed by atoms with Gasteiger partial charge in [-0.1, -0.05) is 60.2 Å². The van der Waals surface area contributed by atoms with Gasteiger partial charge in [-0.3, -0.25) is 0 Å². The van der Waals surface area contributed by atoms with Crippen LogP contribution in [0.25, 0.3) is 10.9 Å². The fourth-order valence-electron chi connectivity index (χ4n) is 3.61. The number of carbonyl (C=O) groups is 1. The van der Waals surface area contributed by atoms with Crippen molar-refractivity contribution in [2.45, 2.75) is 33.0 Å². The lowest BCUT2D eigenvalue weighted by Gasteiger charge is -2.24. The number of fused-ring (bicyclic) bond motifs is 1. The molecule has 3 N–H and O–H groups in total. The highest BCUT2D eigenvalue weighted by Crippen LogP contribution is 2.38. The van der Waals surface area contributed by atoms with E-state index in [9.17, 15) is 18.3 Å². The molecule has 182 valence electrons. The first kappa shape index (κ1) is 25.6. The van der Waals surface area contributed by atoms with Crippen molar-refractivity contribution >= 4 is 22.6 Å². The number of benzene rings is 3. The number of carboxylic acids is 1. The Bertz CT molecular complexity index is 1340. The van der Waals surface area contributed by atoms with Crippen LogP contribution < -0.4 is 5.32 Å². The zero-order chi connectivity index (χ0) is 25.8. The van der Waals surface area contributed by atoms with Crippen molar-refractivity contribution < 1.29 is 28.2 Å². The van der Waals surface area contributed by atoms with E-state index in [1.165, 1.54) is 11.1 Å². The molecule has 0 saturated heterocycles. The van der Waals surface area contributed by atoms with Crippen molar-refractivity contribution in [2.24, 2.45) is 0 Å². The Balaban J connectivity index is 0.000000429. The molecule has 1 heterocycles. The minimum atomic E-state index is -5.08. The van der Waals surface area contributed by atoms with Crippen molar-refractivity contribution in [2.75, 3.05) is 5.32 Å². The topological polar surface area (TPSA) is 82.5 Å². The van der Waals surface area contributed by atoms with Crippen LogP contribution in [0.4, 0.5) is 18.9 Å². The minimum absolute atomic E-state index is 0.186. The van der Waals surface area contributed by atoms with Crippen LogP contribution >= 0.6 is 0 Å². The summed E-state index contributed by atoms with van der Waals surface area (Å²) in [6.07, 6.45) is -5.08. The van der Waals surface area contributed by atoms with E-state index in [1.807, 2.05) is 61.5 Å². The minimum Gasteiger partial charge on any atom is -0.505 e. The monoisotopic (exact) mass is 482 g/mol. The molecule has 0 amide bonds. The van der Waals surface area contributed by atoms with E-state index >= 15 is 0 Å². The number of aromatic nitrogens is 1. The molecule has 0 aliphatic carbocycles. The van der Waals surface area contributed by atoms with Gasteiger partial charge in [0.1, 0.15) is 11.3 Å². The van der Waals surface area contributed by atoms with E-state index in [4.69, 9.17) is 9.90 Å². The van der Waals surface area contributed by atoms with Crippen LogP contribution in [0.1, 0.15) is 34.0 Å². The molecule has 0 saturated carbocycles. The summed E-state index contributed by atoms with van der Waals surface area (Å²) in [6, 6.07) is 24.3. The van der Waals surface area contributed by atoms with Crippen molar-refractivity contribution in [3.8, 4) is 5.75 Å². The standard InChI is InChI=1S/C25H24N2O.C2HF3O2/c1-16-9-10-17(2)22(15-16)24(27-20-7-5-4-6-8-20)21-14-13-19-12-11-18(3)26-23(19)25(21)28;3-2(4,5)1(6)7/h4-15,24,27-28H,1-3H3;(H,6,7). The van der Waals surface area contributed by atoms with Crippen molar-refractivity contribution in [1.82, 2.24) is 4.98 Å². The molecule has 1 unspecified atom stereocenters. The third-order valence-corrected chi connectivity index (χ3v) is 5.39. The van der Waals surface area contributed by atoms with Crippen LogP contribution in [0, 0.1) is 20.8 Å². The van der Waals surface area contributed by atoms with Crippen LogP contribution in [0.15, 0.2) is 72.8 Å². The molecule has 0 aliphatic heterocycles. The summed E-state index contributed by atoms with van der Waals surface area (Å²) >= 11 is 0. The van der Waals surface area contributed by atoms with E-state index in [0.717, 1.165) is 27.9 Å². The summed E-state index contributed by atoms with van der Waals surface area (Å²) < 4.78 is 31.7. The number of para-hydroxylation sites is 1. The van der Waals surface area contributed by atoms with Crippen LogP contribution in [-0.2, 0) is 4.79 Å². The number of aliphatic carboxylic acids is 1. The molecule has 35 heavy (non-hydrogen) atoms. The normalized spacial score (nSPS) is 11.9. The number of phenols is 1. The summed E-state index contributed by atoms with van der Waals surface area (Å²) in [5.41, 5.74) is 6.87. The Morgan fingerprint density at radius 3 is 2.17 bits per heavy atom. The van der Waals surface area contributed by atoms with Gasteiger partial charge < -0.3 is 15.5 Å². The smallest absolute Gasteiger partial charge is 0.490 e. The average molecular weight is 483 g/mol. The number of aryl methyl sites for hydroxylation is 3. The van der Waals surface area contributed by atoms with Crippen LogP contribution in [0.5, 0.6) is 5.75 Å². The maximum absolute atomic E-state index is 11.1. The van der Waals surface area contributed by atoms with Crippen molar-refractivity contribution in [1.29, 1.82) is 0 Å². The largest absolute Gasteiger partial charge is 0.505 e. The molecule has 8 heteroatoms. The molecule has 1 atom stereocenters. The molecule has 0 radical (unpaired) electrons. The highest BCUT2D eigenvalue weighted by atomic mass is 19.4. The number of phenolic OH excluding ortho intramolecular Hbond substituents is 1. The van der Waals surface area contributed by atoms with E-state index in [1.54, 1.807) is 0 Å². The Kier molecular flexibility index (Phi) is 7.64. The number of alkyl halides is 3. The molecule has 5 nitrogen and oxygen atoms in total. The zero-order valence-electron chi connectivity index (χ0n) is 19.4. The van der Waals surface area contributed by atoms with E-state index in [0.29, 0.717) is 5.52 Å². The molecular formula is C27H25F3N2O3. The Hall–Kier alpha value is -4.07. The van der Waals surface area contributed by atoms with Gasteiger partial charge in [-0.25, -0.2) is 9.78 Å². The third-order valence-electron chi connectivity index (χ3n) is 5.39. The molecule has 0 aliphatic rings. The number of pyridine rings is 1. The second-order valence-electron chi connectivity index (χ2n) is 8.13. The number of anilines is 1. The van der Waals surface area contributed by atoms with Gasteiger partial charge >= 0.3 is 12.1 Å². The van der Waals surface area contributed by atoms with Gasteiger partial charge in [-0.2, -0.15) is 13.2 Å². The molecule has 0 fully saturated rings. The van der Waals surface area contributed by atoms with Gasteiger partial charge in [0.05, 0.1) is 6.04 Å². The molecule has 4 aromatic rings. The Morgan fingerprint density at radius 2 is 1.54 bits per heavy atom. The molecular weight excluding hydrogens is 457 g/mol. The number of hydrogen-bond donors (Lipinski definition) is 3. The number of rotatable bonds is 4. The summed E-state index contributed by atoms with van der Waals surface area (Å²) in [5.74, 6) is -2.52. The maximum Gasteiger partial charge on any atom is 0.490 e. The molecule has 1 aromatic heterocycles. The lowest BCUT2D eigenvalue weighted by Crippen LogP contribution is -2.21. The quantitative estimate of drug-likeness (QED) is 0.302. The van der Waals surface area contributed by atoms with Gasteiger partial charge in [0.15, 0.2) is 0 Å². The first-order valence-corrected chi connectivity index (χ1v) is 10.8. The van der Waals surface area contributed by atoms with Crippen LogP contribution in [0.2, 0.25) is 0 Å². The summed E-state index contributed by atoms with van der Waals surface area (Å²) in [7, 11) is 0. The second kappa shape index (κ2) is 10.5. The number of nitrogens with one attached hydrogen (secondary N) is 1. The van der Waals surface area contributed by atoms with Crippen molar-refractivity contribution in [3.05, 3.63) is 101 Å². The lowest BCUT2D eigenvalue weighted by atomic mass is 9.92. The highest BCUT2D eigenvalue weighted by molar-refractivity contribution is 5.86. The van der Waals surface area contributed by atoms with E-state index < -0.39 is 12.1 Å². The fraction of sp³-hybridized carbons (Fsp3) is 0.185. The first-order valence-electron chi connectivity index (χ1n) is 10.8. The first-order chi connectivity index (χ1) is 16.5. The third kappa shape index (κ3) is 6.29. The summed E-state index contributed by atoms with van der Waals surface area (Å²) in [6.45, 7) is 6.14.